The summed E-state index contributed by atoms with van der Waals surface area (Å²) in [6.45, 7) is 3.10. The number of carboxylic acid groups (broad SMARTS) is 1. The fourth-order valence-electron chi connectivity index (χ4n) is 1.13. The van der Waals surface area contributed by atoms with Crippen LogP contribution in [0.1, 0.15) is 29.4 Å². The molecule has 0 radical (unpaired) electrons. The highest BCUT2D eigenvalue weighted by Gasteiger charge is 2.36. The molecule has 0 saturated heterocycles. The molecule has 0 bridgehead atoms. The Morgan fingerprint density at radius 1 is 1.79 bits per heavy atom. The van der Waals surface area contributed by atoms with Crippen LogP contribution < -0.4 is 5.32 Å². The van der Waals surface area contributed by atoms with E-state index in [0.717, 1.165) is 6.54 Å². The zero-order valence-electron chi connectivity index (χ0n) is 7.91. The van der Waals surface area contributed by atoms with Crippen LogP contribution in [0.25, 0.3) is 0 Å². The highest BCUT2D eigenvalue weighted by atomic mass is 32.1. The molecule has 0 amide bonds. The lowest BCUT2D eigenvalue weighted by Gasteiger charge is -2.07. The zero-order chi connectivity index (χ0) is 10.2. The van der Waals surface area contributed by atoms with Crippen molar-refractivity contribution < 1.29 is 9.90 Å². The maximum Gasteiger partial charge on any atom is 0.347 e. The molecule has 0 spiro atoms. The quantitative estimate of drug-likeness (QED) is 0.801. The van der Waals surface area contributed by atoms with Crippen LogP contribution in [0.2, 0.25) is 0 Å². The highest BCUT2D eigenvalue weighted by molar-refractivity contribution is 7.17. The van der Waals surface area contributed by atoms with Gasteiger partial charge < -0.3 is 10.4 Å². The molecule has 1 aliphatic rings. The van der Waals surface area contributed by atoms with Crippen molar-refractivity contribution in [2.45, 2.75) is 19.8 Å². The summed E-state index contributed by atoms with van der Waals surface area (Å²) in [7, 11) is 0. The zero-order valence-corrected chi connectivity index (χ0v) is 8.73. The first-order chi connectivity index (χ1) is 6.59. The van der Waals surface area contributed by atoms with E-state index in [0.29, 0.717) is 10.5 Å². The van der Waals surface area contributed by atoms with Gasteiger partial charge in [0.15, 0.2) is 5.13 Å². The summed E-state index contributed by atoms with van der Waals surface area (Å²) in [6.07, 6.45) is 3.89. The number of thiazole rings is 1. The summed E-state index contributed by atoms with van der Waals surface area (Å²) in [5.74, 6) is -0.909. The maximum absolute atomic E-state index is 10.6. The molecule has 2 N–H and O–H groups in total. The summed E-state index contributed by atoms with van der Waals surface area (Å²) in [4.78, 5) is 14.9. The van der Waals surface area contributed by atoms with Crippen LogP contribution in [-0.4, -0.2) is 22.6 Å². The Morgan fingerprint density at radius 3 is 3.00 bits per heavy atom. The maximum atomic E-state index is 10.6. The Kier molecular flexibility index (Phi) is 2.19. The minimum atomic E-state index is -0.909. The monoisotopic (exact) mass is 212 g/mol. The van der Waals surface area contributed by atoms with Crippen LogP contribution in [0.4, 0.5) is 5.13 Å². The molecule has 1 heterocycles. The Bertz CT molecular complexity index is 357. The van der Waals surface area contributed by atoms with Crippen LogP contribution in [0.3, 0.4) is 0 Å². The van der Waals surface area contributed by atoms with Crippen molar-refractivity contribution in [1.29, 1.82) is 0 Å². The molecule has 14 heavy (non-hydrogen) atoms. The molecule has 0 aromatic carbocycles. The number of carbonyl (C=O) groups is 1. The molecule has 0 atom stereocenters. The van der Waals surface area contributed by atoms with E-state index in [1.165, 1.54) is 30.4 Å². The average molecular weight is 212 g/mol. The number of nitrogens with one attached hydrogen (secondary N) is 1. The number of nitrogens with zero attached hydrogens (tertiary/aromatic N) is 1. The minimum absolute atomic E-state index is 0.286. The van der Waals surface area contributed by atoms with Gasteiger partial charge in [-0.25, -0.2) is 9.78 Å². The van der Waals surface area contributed by atoms with Gasteiger partial charge in [0.05, 0.1) is 6.20 Å². The highest BCUT2D eigenvalue weighted by Crippen LogP contribution is 2.44. The van der Waals surface area contributed by atoms with Crippen LogP contribution in [0, 0.1) is 5.41 Å². The molecule has 1 aliphatic carbocycles. The number of hydrogen-bond donors (Lipinski definition) is 2. The Labute approximate surface area is 86.0 Å². The third-order valence-corrected chi connectivity index (χ3v) is 3.43. The van der Waals surface area contributed by atoms with Gasteiger partial charge in [0.2, 0.25) is 0 Å². The van der Waals surface area contributed by atoms with Crippen molar-refractivity contribution in [1.82, 2.24) is 4.98 Å². The Hall–Kier alpha value is -1.10. The van der Waals surface area contributed by atoms with Gasteiger partial charge in [-0.3, -0.25) is 0 Å². The standard InChI is InChI=1S/C9H12N2O2S/c1-9(2-3-9)5-11-8-10-4-6(14-8)7(12)13/h4H,2-3,5H2,1H3,(H,10,11)(H,12,13). The van der Waals surface area contributed by atoms with Gasteiger partial charge in [-0.2, -0.15) is 0 Å². The number of carboxylic acids is 1. The molecule has 4 nitrogen and oxygen atoms in total. The van der Waals surface area contributed by atoms with Gasteiger partial charge in [0, 0.05) is 6.54 Å². The molecule has 1 fully saturated rings. The SMILES string of the molecule is CC1(CNc2ncc(C(=O)O)s2)CC1. The number of aromatic carboxylic acids is 1. The molecule has 5 heteroatoms. The van der Waals surface area contributed by atoms with E-state index in [4.69, 9.17) is 5.11 Å². The van der Waals surface area contributed by atoms with Crippen molar-refractivity contribution in [3.05, 3.63) is 11.1 Å². The lowest BCUT2D eigenvalue weighted by atomic mass is 10.1. The van der Waals surface area contributed by atoms with E-state index in [-0.39, 0.29) is 4.88 Å². The first-order valence-corrected chi connectivity index (χ1v) is 5.34. The van der Waals surface area contributed by atoms with Crippen LogP contribution in [-0.2, 0) is 0 Å². The minimum Gasteiger partial charge on any atom is -0.477 e. The predicted octanol–water partition coefficient (Wildman–Crippen LogP) is 2.05. The number of anilines is 1. The Morgan fingerprint density at radius 2 is 2.50 bits per heavy atom. The van der Waals surface area contributed by atoms with Gasteiger partial charge in [0.1, 0.15) is 4.88 Å². The van der Waals surface area contributed by atoms with Crippen molar-refractivity contribution in [3.8, 4) is 0 Å². The molecule has 76 valence electrons. The molecular weight excluding hydrogens is 200 g/mol. The smallest absolute Gasteiger partial charge is 0.347 e. The number of rotatable bonds is 4. The van der Waals surface area contributed by atoms with Crippen LogP contribution in [0.5, 0.6) is 0 Å². The molecule has 1 aromatic heterocycles. The fraction of sp³-hybridized carbons (Fsp3) is 0.556. The summed E-state index contributed by atoms with van der Waals surface area (Å²) in [5, 5.41) is 12.6. The normalized spacial score (nSPS) is 17.8. The molecule has 0 aliphatic heterocycles. The molecular formula is C9H12N2O2S. The first kappa shape index (κ1) is 9.45. The van der Waals surface area contributed by atoms with Gasteiger partial charge in [0.25, 0.3) is 0 Å². The van der Waals surface area contributed by atoms with Crippen molar-refractivity contribution >= 4 is 22.4 Å². The van der Waals surface area contributed by atoms with E-state index in [1.807, 2.05) is 0 Å². The second-order valence-electron chi connectivity index (χ2n) is 4.00. The molecule has 0 unspecified atom stereocenters. The van der Waals surface area contributed by atoms with Gasteiger partial charge in [-0.05, 0) is 18.3 Å². The lowest BCUT2D eigenvalue weighted by Crippen LogP contribution is -2.11. The number of hydrogen-bond acceptors (Lipinski definition) is 4. The van der Waals surface area contributed by atoms with E-state index in [1.54, 1.807) is 0 Å². The number of aromatic nitrogens is 1. The average Bonchev–Trinajstić information content (AvgIpc) is 2.68. The lowest BCUT2D eigenvalue weighted by molar-refractivity contribution is 0.0702. The third-order valence-electron chi connectivity index (χ3n) is 2.49. The topological polar surface area (TPSA) is 62.2 Å². The van der Waals surface area contributed by atoms with E-state index in [2.05, 4.69) is 17.2 Å². The molecule has 2 rings (SSSR count). The van der Waals surface area contributed by atoms with E-state index < -0.39 is 5.97 Å². The van der Waals surface area contributed by atoms with Crippen molar-refractivity contribution in [3.63, 3.8) is 0 Å². The first-order valence-electron chi connectivity index (χ1n) is 4.52. The third kappa shape index (κ3) is 2.04. The predicted molar refractivity (Wildman–Crippen MR) is 54.9 cm³/mol. The molecule has 1 saturated carbocycles. The van der Waals surface area contributed by atoms with Crippen LogP contribution in [0.15, 0.2) is 6.20 Å². The summed E-state index contributed by atoms with van der Waals surface area (Å²) in [6, 6.07) is 0. The van der Waals surface area contributed by atoms with Gasteiger partial charge in [-0.15, -0.1) is 0 Å². The largest absolute Gasteiger partial charge is 0.477 e. The second-order valence-corrected chi connectivity index (χ2v) is 5.03. The Balaban J connectivity index is 1.93. The van der Waals surface area contributed by atoms with E-state index >= 15 is 0 Å². The molecule has 1 aromatic rings. The van der Waals surface area contributed by atoms with Gasteiger partial charge in [-0.1, -0.05) is 18.3 Å². The summed E-state index contributed by atoms with van der Waals surface area (Å²) < 4.78 is 0. The van der Waals surface area contributed by atoms with E-state index in [9.17, 15) is 4.79 Å². The van der Waals surface area contributed by atoms with Crippen LogP contribution >= 0.6 is 11.3 Å². The fourth-order valence-corrected chi connectivity index (χ4v) is 1.78. The van der Waals surface area contributed by atoms with Crippen molar-refractivity contribution in [2.24, 2.45) is 5.41 Å². The van der Waals surface area contributed by atoms with Crippen molar-refractivity contribution in [2.75, 3.05) is 11.9 Å². The summed E-state index contributed by atoms with van der Waals surface area (Å²) >= 11 is 1.19. The summed E-state index contributed by atoms with van der Waals surface area (Å²) in [5.41, 5.74) is 0.412. The second kappa shape index (κ2) is 3.24. The van der Waals surface area contributed by atoms with Gasteiger partial charge >= 0.3 is 5.97 Å².